The molecule has 1 aliphatic rings. The van der Waals surface area contributed by atoms with E-state index in [0.29, 0.717) is 30.5 Å². The van der Waals surface area contributed by atoms with Crippen molar-refractivity contribution in [3.8, 4) is 11.3 Å². The molecular weight excluding hydrogens is 502 g/mol. The number of piperazine rings is 1. The lowest BCUT2D eigenvalue weighted by Gasteiger charge is -2.35. The molecule has 1 aliphatic heterocycles. The van der Waals surface area contributed by atoms with Crippen molar-refractivity contribution in [3.05, 3.63) is 70.7 Å². The molecule has 5 rings (SSSR count). The van der Waals surface area contributed by atoms with E-state index in [0.717, 1.165) is 53.4 Å². The minimum Gasteiger partial charge on any atom is -0.444 e. The molecule has 0 saturated carbocycles. The molecule has 10 heteroatoms. The highest BCUT2D eigenvalue weighted by Gasteiger charge is 2.25. The van der Waals surface area contributed by atoms with E-state index in [2.05, 4.69) is 30.9 Å². The third kappa shape index (κ3) is 6.46. The second-order valence-electron chi connectivity index (χ2n) is 10.6. The fourth-order valence-corrected chi connectivity index (χ4v) is 4.78. The van der Waals surface area contributed by atoms with Gasteiger partial charge in [0.2, 0.25) is 0 Å². The number of benzene rings is 1. The number of pyridine rings is 1. The molecule has 1 N–H and O–H groups in total. The number of imidazole rings is 1. The summed E-state index contributed by atoms with van der Waals surface area (Å²) in [5.74, 6) is 1.48. The average molecular weight is 534 g/mol. The predicted octanol–water partition coefficient (Wildman–Crippen LogP) is 5.02. The third-order valence-corrected chi connectivity index (χ3v) is 6.49. The number of nitrogens with zero attached hydrogens (tertiary/aromatic N) is 6. The van der Waals surface area contributed by atoms with Gasteiger partial charge in [-0.1, -0.05) is 17.7 Å². The number of rotatable bonds is 5. The van der Waals surface area contributed by atoms with Crippen LogP contribution in [-0.4, -0.2) is 72.6 Å². The number of hydrogen-bond acceptors (Lipinski definition) is 7. The van der Waals surface area contributed by atoms with Crippen molar-refractivity contribution in [2.24, 2.45) is 0 Å². The van der Waals surface area contributed by atoms with Crippen LogP contribution in [0.2, 0.25) is 5.15 Å². The zero-order valence-corrected chi connectivity index (χ0v) is 22.9. The number of aromatic amines is 1. The zero-order chi connectivity index (χ0) is 26.9. The number of H-pyrrole nitrogens is 1. The van der Waals surface area contributed by atoms with Crippen LogP contribution in [0, 0.1) is 6.92 Å². The molecule has 3 aromatic heterocycles. The van der Waals surface area contributed by atoms with E-state index in [4.69, 9.17) is 21.3 Å². The Labute approximate surface area is 227 Å². The number of carbonyl (C=O) groups excluding carboxylic acids is 1. The fraction of sp³-hybridized carbons (Fsp3) is 0.393. The van der Waals surface area contributed by atoms with Crippen LogP contribution in [0.4, 0.5) is 4.79 Å². The summed E-state index contributed by atoms with van der Waals surface area (Å²) in [7, 11) is 0. The van der Waals surface area contributed by atoms with E-state index >= 15 is 0 Å². The van der Waals surface area contributed by atoms with E-state index in [9.17, 15) is 4.79 Å². The molecule has 0 radical (unpaired) electrons. The maximum Gasteiger partial charge on any atom is 0.410 e. The number of hydrogen-bond donors (Lipinski definition) is 1. The van der Waals surface area contributed by atoms with E-state index in [-0.39, 0.29) is 6.09 Å². The second-order valence-corrected chi connectivity index (χ2v) is 11.0. The van der Waals surface area contributed by atoms with E-state index < -0.39 is 5.60 Å². The second kappa shape index (κ2) is 10.7. The molecule has 0 atom stereocenters. The molecule has 0 spiro atoms. The van der Waals surface area contributed by atoms with Gasteiger partial charge in [0.05, 0.1) is 16.7 Å². The number of ether oxygens (including phenoxy) is 1. The Morgan fingerprint density at radius 1 is 1.05 bits per heavy atom. The van der Waals surface area contributed by atoms with Gasteiger partial charge in [-0.15, -0.1) is 0 Å². The Morgan fingerprint density at radius 2 is 1.84 bits per heavy atom. The Balaban J connectivity index is 1.22. The van der Waals surface area contributed by atoms with Crippen LogP contribution in [0.25, 0.3) is 22.3 Å². The Bertz CT molecular complexity index is 1440. The molecule has 4 aromatic rings. The first-order valence-electron chi connectivity index (χ1n) is 12.8. The highest BCUT2D eigenvalue weighted by Crippen LogP contribution is 2.24. The van der Waals surface area contributed by atoms with Crippen molar-refractivity contribution in [2.75, 3.05) is 26.2 Å². The van der Waals surface area contributed by atoms with Gasteiger partial charge in [0, 0.05) is 62.7 Å². The molecule has 0 unspecified atom stereocenters. The summed E-state index contributed by atoms with van der Waals surface area (Å²) < 4.78 is 5.50. The van der Waals surface area contributed by atoms with Crippen LogP contribution in [0.1, 0.15) is 43.7 Å². The number of aromatic nitrogens is 5. The monoisotopic (exact) mass is 533 g/mol. The van der Waals surface area contributed by atoms with Crippen molar-refractivity contribution >= 4 is 28.7 Å². The molecule has 0 aliphatic carbocycles. The molecule has 0 bridgehead atoms. The SMILES string of the molecule is Cc1nc(Cl)cc(-c2ccc3nc(Cc4cc(CN5CCN(C(=O)OC(C)(C)C)CC5)ccn4)[nH]c3c2)n1. The quantitative estimate of drug-likeness (QED) is 0.359. The van der Waals surface area contributed by atoms with Gasteiger partial charge in [-0.05, 0) is 57.5 Å². The summed E-state index contributed by atoms with van der Waals surface area (Å²) in [5.41, 5.74) is 5.22. The van der Waals surface area contributed by atoms with Gasteiger partial charge >= 0.3 is 6.09 Å². The summed E-state index contributed by atoms with van der Waals surface area (Å²) in [6.45, 7) is 11.2. The van der Waals surface area contributed by atoms with Crippen LogP contribution in [0.5, 0.6) is 0 Å². The van der Waals surface area contributed by atoms with Crippen molar-refractivity contribution in [1.82, 2.24) is 34.7 Å². The molecule has 198 valence electrons. The normalized spacial score (nSPS) is 14.7. The van der Waals surface area contributed by atoms with Gasteiger partial charge in [0.25, 0.3) is 0 Å². The maximum atomic E-state index is 12.3. The van der Waals surface area contributed by atoms with Crippen molar-refractivity contribution in [1.29, 1.82) is 0 Å². The largest absolute Gasteiger partial charge is 0.444 e. The fourth-order valence-electron chi connectivity index (χ4n) is 4.55. The maximum absolute atomic E-state index is 12.3. The van der Waals surface area contributed by atoms with Crippen molar-refractivity contribution in [3.63, 3.8) is 0 Å². The minimum atomic E-state index is -0.478. The lowest BCUT2D eigenvalue weighted by molar-refractivity contribution is 0.0139. The van der Waals surface area contributed by atoms with Crippen LogP contribution in [0.3, 0.4) is 0 Å². The first kappa shape index (κ1) is 26.1. The lowest BCUT2D eigenvalue weighted by atomic mass is 10.1. The highest BCUT2D eigenvalue weighted by molar-refractivity contribution is 6.29. The smallest absolute Gasteiger partial charge is 0.410 e. The number of amides is 1. The van der Waals surface area contributed by atoms with Crippen LogP contribution >= 0.6 is 11.6 Å². The lowest BCUT2D eigenvalue weighted by Crippen LogP contribution is -2.49. The average Bonchev–Trinajstić information content (AvgIpc) is 3.24. The molecule has 1 saturated heterocycles. The van der Waals surface area contributed by atoms with Crippen LogP contribution < -0.4 is 0 Å². The summed E-state index contributed by atoms with van der Waals surface area (Å²) in [6, 6.07) is 11.9. The Kier molecular flexibility index (Phi) is 7.32. The first-order valence-corrected chi connectivity index (χ1v) is 13.1. The third-order valence-electron chi connectivity index (χ3n) is 6.29. The van der Waals surface area contributed by atoms with Gasteiger partial charge in [-0.3, -0.25) is 9.88 Å². The minimum absolute atomic E-state index is 0.239. The van der Waals surface area contributed by atoms with E-state index in [1.165, 1.54) is 5.56 Å². The van der Waals surface area contributed by atoms with Gasteiger partial charge in [0.15, 0.2) is 0 Å². The number of aryl methyl sites for hydroxylation is 1. The predicted molar refractivity (Wildman–Crippen MR) is 147 cm³/mol. The number of fused-ring (bicyclic) bond motifs is 1. The molecule has 1 fully saturated rings. The van der Waals surface area contributed by atoms with Crippen molar-refractivity contribution in [2.45, 2.75) is 46.3 Å². The van der Waals surface area contributed by atoms with Crippen LogP contribution in [0.15, 0.2) is 42.6 Å². The number of carbonyl (C=O) groups is 1. The van der Waals surface area contributed by atoms with Gasteiger partial charge in [-0.25, -0.2) is 19.7 Å². The molecule has 38 heavy (non-hydrogen) atoms. The topological polar surface area (TPSA) is 100 Å². The Morgan fingerprint density at radius 3 is 2.58 bits per heavy atom. The summed E-state index contributed by atoms with van der Waals surface area (Å²) in [4.78, 5) is 37.9. The van der Waals surface area contributed by atoms with E-state index in [1.54, 1.807) is 11.0 Å². The summed E-state index contributed by atoms with van der Waals surface area (Å²) in [6.07, 6.45) is 2.21. The van der Waals surface area contributed by atoms with Gasteiger partial charge in [0.1, 0.15) is 22.4 Å². The summed E-state index contributed by atoms with van der Waals surface area (Å²) >= 11 is 6.12. The standard InChI is InChI=1S/C28H32ClN7O2/c1-18-31-23(16-25(29)32-18)20-5-6-22-24(14-20)34-26(33-22)15-21-13-19(7-8-30-21)17-35-9-11-36(12-10-35)27(37)38-28(2,3)4/h5-8,13-14,16H,9-12,15,17H2,1-4H3,(H,33,34). The first-order chi connectivity index (χ1) is 18.1. The van der Waals surface area contributed by atoms with Gasteiger partial charge < -0.3 is 14.6 Å². The number of nitrogens with one attached hydrogen (secondary N) is 1. The van der Waals surface area contributed by atoms with Gasteiger partial charge in [-0.2, -0.15) is 0 Å². The molecule has 9 nitrogen and oxygen atoms in total. The van der Waals surface area contributed by atoms with Crippen molar-refractivity contribution < 1.29 is 9.53 Å². The highest BCUT2D eigenvalue weighted by atomic mass is 35.5. The van der Waals surface area contributed by atoms with E-state index in [1.807, 2.05) is 58.2 Å². The zero-order valence-electron chi connectivity index (χ0n) is 22.2. The molecule has 1 amide bonds. The Hall–Kier alpha value is -3.56. The molecular formula is C28H32ClN7O2. The molecule has 4 heterocycles. The molecule has 1 aromatic carbocycles. The van der Waals surface area contributed by atoms with Crippen LogP contribution in [-0.2, 0) is 17.7 Å². The number of halogens is 1. The summed E-state index contributed by atoms with van der Waals surface area (Å²) in [5, 5.41) is 0.425.